The maximum absolute atomic E-state index is 10.0. The fourth-order valence-corrected chi connectivity index (χ4v) is 1.27. The van der Waals surface area contributed by atoms with Gasteiger partial charge in [-0.1, -0.05) is 19.8 Å². The third-order valence-corrected chi connectivity index (χ3v) is 2.14. The maximum Gasteiger partial charge on any atom is 0.188 e. The summed E-state index contributed by atoms with van der Waals surface area (Å²) >= 11 is 0. The van der Waals surface area contributed by atoms with Crippen molar-refractivity contribution in [3.8, 4) is 0 Å². The lowest BCUT2D eigenvalue weighted by Crippen LogP contribution is -1.96. The van der Waals surface area contributed by atoms with E-state index in [0.717, 1.165) is 45.0 Å². The summed E-state index contributed by atoms with van der Waals surface area (Å²) in [6.45, 7) is 3.18. The maximum atomic E-state index is 10.0. The molecular formula is C13H24O3. The lowest BCUT2D eigenvalue weighted by Gasteiger charge is -2.00. The minimum absolute atomic E-state index is 0.351. The van der Waals surface area contributed by atoms with Crippen molar-refractivity contribution in [3.05, 3.63) is 12.3 Å². The highest BCUT2D eigenvalue weighted by molar-refractivity contribution is 5.48. The molecule has 0 bridgehead atoms. The predicted octanol–water partition coefficient (Wildman–Crippen LogP) is 3.44. The van der Waals surface area contributed by atoms with Gasteiger partial charge in [-0.05, 0) is 31.8 Å². The van der Waals surface area contributed by atoms with Crippen LogP contribution in [0.15, 0.2) is 12.3 Å². The van der Waals surface area contributed by atoms with Crippen molar-refractivity contribution >= 4 is 6.29 Å². The zero-order valence-corrected chi connectivity index (χ0v) is 10.3. The third-order valence-electron chi connectivity index (χ3n) is 2.14. The van der Waals surface area contributed by atoms with Gasteiger partial charge in [-0.25, -0.2) is 0 Å². The zero-order chi connectivity index (χ0) is 11.9. The van der Waals surface area contributed by atoms with Gasteiger partial charge in [0.25, 0.3) is 0 Å². The molecule has 0 aliphatic carbocycles. The molecule has 0 N–H and O–H groups in total. The monoisotopic (exact) mass is 228 g/mol. The minimum atomic E-state index is 0.351. The molecule has 0 spiro atoms. The van der Waals surface area contributed by atoms with Gasteiger partial charge in [0, 0.05) is 6.42 Å². The smallest absolute Gasteiger partial charge is 0.188 e. The van der Waals surface area contributed by atoms with Crippen LogP contribution in [-0.4, -0.2) is 19.7 Å². The molecule has 0 saturated heterocycles. The number of carbonyl (C=O) groups excluding carboxylic acids is 1. The summed E-state index contributed by atoms with van der Waals surface area (Å²) in [5.74, 6) is 0. The van der Waals surface area contributed by atoms with Crippen LogP contribution in [0.2, 0.25) is 0 Å². The third kappa shape index (κ3) is 13.2. The second-order valence-corrected chi connectivity index (χ2v) is 3.72. The Bertz CT molecular complexity index is 167. The van der Waals surface area contributed by atoms with Gasteiger partial charge in [-0.15, -0.1) is 0 Å². The first-order valence-corrected chi connectivity index (χ1v) is 6.19. The van der Waals surface area contributed by atoms with E-state index in [9.17, 15) is 4.79 Å². The number of hydrogen-bond acceptors (Lipinski definition) is 3. The number of aldehydes is 1. The second kappa shape index (κ2) is 14.2. The molecule has 3 nitrogen and oxygen atoms in total. The van der Waals surface area contributed by atoms with Crippen molar-refractivity contribution < 1.29 is 14.3 Å². The van der Waals surface area contributed by atoms with Gasteiger partial charge in [-0.3, -0.25) is 0 Å². The van der Waals surface area contributed by atoms with Crippen molar-refractivity contribution in [1.82, 2.24) is 0 Å². The van der Waals surface area contributed by atoms with E-state index in [2.05, 4.69) is 6.92 Å². The van der Waals surface area contributed by atoms with Gasteiger partial charge < -0.3 is 14.3 Å². The number of hydrogen-bond donors (Lipinski definition) is 0. The number of ether oxygens (including phenoxy) is 2. The van der Waals surface area contributed by atoms with Crippen LogP contribution in [0, 0.1) is 0 Å². The van der Waals surface area contributed by atoms with Gasteiger partial charge in [0.1, 0.15) is 6.29 Å². The summed E-state index contributed by atoms with van der Waals surface area (Å²) in [5.41, 5.74) is 0. The minimum Gasteiger partial charge on any atom is -0.475 e. The van der Waals surface area contributed by atoms with Crippen LogP contribution in [-0.2, 0) is 14.3 Å². The molecule has 94 valence electrons. The number of allylic oxidation sites excluding steroid dienone is 1. The Morgan fingerprint density at radius 1 is 1.06 bits per heavy atom. The Morgan fingerprint density at radius 3 is 2.50 bits per heavy atom. The Labute approximate surface area is 98.8 Å². The normalized spacial score (nSPS) is 10.8. The Balaban J connectivity index is 3.00. The molecule has 0 rings (SSSR count). The van der Waals surface area contributed by atoms with Gasteiger partial charge in [0.05, 0.1) is 12.9 Å². The fraction of sp³-hybridized carbons (Fsp3) is 0.769. The van der Waals surface area contributed by atoms with Crippen LogP contribution in [0.1, 0.15) is 51.9 Å². The molecule has 0 fully saturated rings. The summed E-state index contributed by atoms with van der Waals surface area (Å²) in [6, 6.07) is 0. The van der Waals surface area contributed by atoms with Crippen LogP contribution in [0.3, 0.4) is 0 Å². The molecule has 0 aromatic heterocycles. The SMILES string of the molecule is CCCOCOC=CCCCCCCC=O. The lowest BCUT2D eigenvalue weighted by atomic mass is 10.1. The average molecular weight is 228 g/mol. The molecule has 0 atom stereocenters. The Morgan fingerprint density at radius 2 is 1.81 bits per heavy atom. The topological polar surface area (TPSA) is 35.5 Å². The first kappa shape index (κ1) is 15.2. The highest BCUT2D eigenvalue weighted by Crippen LogP contribution is 2.04. The predicted molar refractivity (Wildman–Crippen MR) is 65.1 cm³/mol. The van der Waals surface area contributed by atoms with E-state index in [1.54, 1.807) is 6.26 Å². The first-order chi connectivity index (χ1) is 7.91. The fourth-order valence-electron chi connectivity index (χ4n) is 1.27. The molecule has 3 heteroatoms. The molecule has 0 unspecified atom stereocenters. The van der Waals surface area contributed by atoms with E-state index < -0.39 is 0 Å². The average Bonchev–Trinajstić information content (AvgIpc) is 2.31. The van der Waals surface area contributed by atoms with E-state index in [-0.39, 0.29) is 0 Å². The quantitative estimate of drug-likeness (QED) is 0.222. The van der Waals surface area contributed by atoms with Crippen molar-refractivity contribution in [2.45, 2.75) is 51.9 Å². The van der Waals surface area contributed by atoms with E-state index in [4.69, 9.17) is 9.47 Å². The Hall–Kier alpha value is -0.830. The molecule has 0 amide bonds. The summed E-state index contributed by atoms with van der Waals surface area (Å²) in [5, 5.41) is 0. The summed E-state index contributed by atoms with van der Waals surface area (Å²) in [6.07, 6.45) is 12.0. The van der Waals surface area contributed by atoms with Crippen molar-refractivity contribution in [1.29, 1.82) is 0 Å². The molecule has 0 aliphatic heterocycles. The molecule has 0 aromatic rings. The standard InChI is InChI=1S/C13H24O3/c1-2-11-15-13-16-12-9-7-5-3-4-6-8-10-14/h9-10,12H,2-8,11,13H2,1H3. The molecule has 0 heterocycles. The van der Waals surface area contributed by atoms with Crippen LogP contribution in [0.5, 0.6) is 0 Å². The van der Waals surface area contributed by atoms with Gasteiger partial charge in [0.2, 0.25) is 0 Å². The van der Waals surface area contributed by atoms with Gasteiger partial charge >= 0.3 is 0 Å². The summed E-state index contributed by atoms with van der Waals surface area (Å²) < 4.78 is 10.3. The van der Waals surface area contributed by atoms with Gasteiger partial charge in [0.15, 0.2) is 6.79 Å². The number of carbonyl (C=O) groups is 1. The molecule has 0 aliphatic rings. The summed E-state index contributed by atoms with van der Waals surface area (Å²) in [4.78, 5) is 10.0. The number of unbranched alkanes of at least 4 members (excludes halogenated alkanes) is 5. The molecule has 0 radical (unpaired) electrons. The first-order valence-electron chi connectivity index (χ1n) is 6.19. The van der Waals surface area contributed by atoms with Crippen molar-refractivity contribution in [3.63, 3.8) is 0 Å². The van der Waals surface area contributed by atoms with Crippen LogP contribution >= 0.6 is 0 Å². The van der Waals surface area contributed by atoms with Crippen molar-refractivity contribution in [2.24, 2.45) is 0 Å². The number of rotatable bonds is 12. The highest BCUT2D eigenvalue weighted by atomic mass is 16.7. The van der Waals surface area contributed by atoms with Gasteiger partial charge in [-0.2, -0.15) is 0 Å². The molecule has 0 saturated carbocycles. The van der Waals surface area contributed by atoms with E-state index in [0.29, 0.717) is 13.2 Å². The Kier molecular flexibility index (Phi) is 13.4. The largest absolute Gasteiger partial charge is 0.475 e. The van der Waals surface area contributed by atoms with Crippen molar-refractivity contribution in [2.75, 3.05) is 13.4 Å². The molecule has 0 aromatic carbocycles. The van der Waals surface area contributed by atoms with Crippen LogP contribution < -0.4 is 0 Å². The lowest BCUT2D eigenvalue weighted by molar-refractivity contribution is -0.107. The molecular weight excluding hydrogens is 204 g/mol. The van der Waals surface area contributed by atoms with Crippen LogP contribution in [0.25, 0.3) is 0 Å². The van der Waals surface area contributed by atoms with E-state index >= 15 is 0 Å². The highest BCUT2D eigenvalue weighted by Gasteiger charge is 1.88. The zero-order valence-electron chi connectivity index (χ0n) is 10.3. The van der Waals surface area contributed by atoms with E-state index in [1.165, 1.54) is 6.42 Å². The summed E-state index contributed by atoms with van der Waals surface area (Å²) in [7, 11) is 0. The van der Waals surface area contributed by atoms with Crippen LogP contribution in [0.4, 0.5) is 0 Å². The molecule has 16 heavy (non-hydrogen) atoms. The van der Waals surface area contributed by atoms with E-state index in [1.807, 2.05) is 6.08 Å². The second-order valence-electron chi connectivity index (χ2n) is 3.72.